The van der Waals surface area contributed by atoms with E-state index in [2.05, 4.69) is 37.0 Å². The van der Waals surface area contributed by atoms with Crippen LogP contribution in [0.2, 0.25) is 5.02 Å². The van der Waals surface area contributed by atoms with Gasteiger partial charge in [-0.15, -0.1) is 0 Å². The topological polar surface area (TPSA) is 100 Å². The second kappa shape index (κ2) is 13.7. The summed E-state index contributed by atoms with van der Waals surface area (Å²) in [6.07, 6.45) is 6.75. The Morgan fingerprint density at radius 2 is 2.13 bits per heavy atom. The average molecular weight is 611 g/mol. The molecule has 4 N–H and O–H groups in total. The van der Waals surface area contributed by atoms with Crippen molar-refractivity contribution >= 4 is 55.8 Å². The summed E-state index contributed by atoms with van der Waals surface area (Å²) >= 11 is 9.73. The van der Waals surface area contributed by atoms with Gasteiger partial charge in [0.15, 0.2) is 5.82 Å². The van der Waals surface area contributed by atoms with Crippen molar-refractivity contribution in [3.05, 3.63) is 51.5 Å². The molecule has 1 aromatic heterocycles. The van der Waals surface area contributed by atoms with Gasteiger partial charge in [-0.05, 0) is 81.8 Å². The fourth-order valence-electron chi connectivity index (χ4n) is 4.06. The number of aliphatic hydroxyl groups is 1. The van der Waals surface area contributed by atoms with Crippen LogP contribution in [0.5, 0.6) is 0 Å². The average Bonchev–Trinajstić information content (AvgIpc) is 3.63. The second-order valence-corrected chi connectivity index (χ2v) is 11.0. The van der Waals surface area contributed by atoms with Crippen LogP contribution in [0.1, 0.15) is 55.8 Å². The summed E-state index contributed by atoms with van der Waals surface area (Å²) in [6.45, 7) is 4.62. The fourth-order valence-corrected chi connectivity index (χ4v) is 4.78. The molecule has 1 aliphatic carbocycles. The standard InChI is InChI=1S/C27H34BrClFN5O3/c1-2-19(36)9-11-31-10-3-4-12-35-16-32-26-23(35)14-20(27(37)34-38-15-17-5-6-17)25(24(26)30)33-22-8-7-18(28)13-21(22)29/h7-8,13-14,16-17,19,31,33,36H,2-6,9-12,15H2,1H3,(H,34,37). The van der Waals surface area contributed by atoms with E-state index in [0.717, 1.165) is 56.1 Å². The number of aromatic nitrogens is 2. The number of rotatable bonds is 15. The number of halogens is 3. The number of benzene rings is 2. The molecule has 0 bridgehead atoms. The maximum atomic E-state index is 15.8. The molecule has 1 unspecified atom stereocenters. The van der Waals surface area contributed by atoms with Crippen LogP contribution in [0.4, 0.5) is 15.8 Å². The molecule has 1 atom stereocenters. The number of anilines is 2. The zero-order valence-electron chi connectivity index (χ0n) is 21.4. The number of imidazole rings is 1. The Morgan fingerprint density at radius 1 is 1.32 bits per heavy atom. The molecule has 1 aliphatic rings. The summed E-state index contributed by atoms with van der Waals surface area (Å²) in [5.41, 5.74) is 3.71. The lowest BCUT2D eigenvalue weighted by atomic mass is 10.1. The van der Waals surface area contributed by atoms with Crippen molar-refractivity contribution in [1.29, 1.82) is 0 Å². The maximum absolute atomic E-state index is 15.8. The monoisotopic (exact) mass is 609 g/mol. The molecule has 0 spiro atoms. The zero-order chi connectivity index (χ0) is 27.1. The number of nitrogens with zero attached hydrogens (tertiary/aromatic N) is 2. The molecule has 1 fully saturated rings. The lowest BCUT2D eigenvalue weighted by Crippen LogP contribution is -2.26. The van der Waals surface area contributed by atoms with Crippen molar-refractivity contribution in [2.45, 2.75) is 58.1 Å². The summed E-state index contributed by atoms with van der Waals surface area (Å²) in [7, 11) is 0. The molecule has 206 valence electrons. The first-order chi connectivity index (χ1) is 18.4. The number of aliphatic hydroxyl groups excluding tert-OH is 1. The van der Waals surface area contributed by atoms with Gasteiger partial charge in [0.2, 0.25) is 0 Å². The van der Waals surface area contributed by atoms with E-state index in [9.17, 15) is 9.90 Å². The third kappa shape index (κ3) is 7.66. The molecule has 0 aliphatic heterocycles. The SMILES string of the molecule is CCC(O)CCNCCCCn1cnc2c(F)c(Nc3ccc(Br)cc3Cl)c(C(=O)NOCC3CC3)cc21. The highest BCUT2D eigenvalue weighted by Crippen LogP contribution is 2.34. The molecule has 0 saturated heterocycles. The number of carbonyl (C=O) groups excluding carboxylic acids is 1. The zero-order valence-corrected chi connectivity index (χ0v) is 23.7. The molecule has 3 aromatic rings. The highest BCUT2D eigenvalue weighted by atomic mass is 79.9. The molecule has 4 rings (SSSR count). The van der Waals surface area contributed by atoms with Gasteiger partial charge in [0.1, 0.15) is 5.52 Å². The van der Waals surface area contributed by atoms with Gasteiger partial charge in [0.25, 0.3) is 5.91 Å². The van der Waals surface area contributed by atoms with Crippen molar-refractivity contribution < 1.29 is 19.1 Å². The van der Waals surface area contributed by atoms with Gasteiger partial charge < -0.3 is 20.3 Å². The number of carbonyl (C=O) groups is 1. The number of fused-ring (bicyclic) bond motifs is 1. The van der Waals surface area contributed by atoms with Crippen LogP contribution >= 0.6 is 27.5 Å². The van der Waals surface area contributed by atoms with E-state index in [-0.39, 0.29) is 22.9 Å². The van der Waals surface area contributed by atoms with Gasteiger partial charge in [-0.3, -0.25) is 9.63 Å². The summed E-state index contributed by atoms with van der Waals surface area (Å²) in [6, 6.07) is 6.81. The minimum atomic E-state index is -0.635. The Balaban J connectivity index is 1.50. The van der Waals surface area contributed by atoms with Gasteiger partial charge in [-0.25, -0.2) is 14.9 Å². The van der Waals surface area contributed by atoms with Crippen molar-refractivity contribution in [3.8, 4) is 0 Å². The summed E-state index contributed by atoms with van der Waals surface area (Å²) in [5.74, 6) is -0.724. The molecule has 0 radical (unpaired) electrons. The Kier molecular flexibility index (Phi) is 10.4. The van der Waals surface area contributed by atoms with Crippen molar-refractivity contribution in [1.82, 2.24) is 20.3 Å². The predicted molar refractivity (Wildman–Crippen MR) is 151 cm³/mol. The number of hydroxylamine groups is 1. The lowest BCUT2D eigenvalue weighted by molar-refractivity contribution is 0.0271. The first-order valence-electron chi connectivity index (χ1n) is 13.1. The van der Waals surface area contributed by atoms with E-state index < -0.39 is 11.7 Å². The lowest BCUT2D eigenvalue weighted by Gasteiger charge is -2.16. The fraction of sp³-hybridized carbons (Fsp3) is 0.481. The molecule has 8 nitrogen and oxygen atoms in total. The van der Waals surface area contributed by atoms with Crippen LogP contribution in [-0.2, 0) is 11.4 Å². The van der Waals surface area contributed by atoms with Gasteiger partial charge in [-0.1, -0.05) is 34.5 Å². The summed E-state index contributed by atoms with van der Waals surface area (Å²) in [4.78, 5) is 22.8. The Labute approximate surface area is 235 Å². The van der Waals surface area contributed by atoms with E-state index in [1.807, 2.05) is 11.5 Å². The van der Waals surface area contributed by atoms with Gasteiger partial charge >= 0.3 is 0 Å². The molecule has 1 amide bonds. The van der Waals surface area contributed by atoms with Gasteiger partial charge in [0.05, 0.1) is 46.5 Å². The van der Waals surface area contributed by atoms with Crippen molar-refractivity contribution in [2.75, 3.05) is 25.0 Å². The molecule has 1 saturated carbocycles. The Morgan fingerprint density at radius 3 is 2.87 bits per heavy atom. The van der Waals surface area contributed by atoms with Gasteiger partial charge in [0, 0.05) is 11.0 Å². The Hall–Kier alpha value is -2.24. The summed E-state index contributed by atoms with van der Waals surface area (Å²) < 4.78 is 18.5. The predicted octanol–water partition coefficient (Wildman–Crippen LogP) is 5.94. The number of nitrogens with one attached hydrogen (secondary N) is 3. The quantitative estimate of drug-likeness (QED) is 0.126. The number of amides is 1. The molecular formula is C27H34BrClFN5O3. The number of hydrogen-bond acceptors (Lipinski definition) is 6. The highest BCUT2D eigenvalue weighted by molar-refractivity contribution is 9.10. The largest absolute Gasteiger partial charge is 0.393 e. The molecule has 1 heterocycles. The number of aryl methyl sites for hydroxylation is 1. The van der Waals surface area contributed by atoms with E-state index in [1.54, 1.807) is 30.6 Å². The smallest absolute Gasteiger partial charge is 0.277 e. The summed E-state index contributed by atoms with van der Waals surface area (Å²) in [5, 5.41) is 16.3. The van der Waals surface area contributed by atoms with Crippen LogP contribution in [0, 0.1) is 11.7 Å². The third-order valence-corrected chi connectivity index (χ3v) is 7.41. The van der Waals surface area contributed by atoms with Crippen LogP contribution in [0.25, 0.3) is 11.0 Å². The Bertz CT molecular complexity index is 1250. The van der Waals surface area contributed by atoms with Gasteiger partial charge in [-0.2, -0.15) is 0 Å². The van der Waals surface area contributed by atoms with E-state index in [4.69, 9.17) is 16.4 Å². The van der Waals surface area contributed by atoms with Crippen LogP contribution in [0.3, 0.4) is 0 Å². The molecule has 2 aromatic carbocycles. The minimum absolute atomic E-state index is 0.0158. The maximum Gasteiger partial charge on any atom is 0.277 e. The normalized spacial score (nSPS) is 14.1. The molecule has 38 heavy (non-hydrogen) atoms. The van der Waals surface area contributed by atoms with E-state index >= 15 is 4.39 Å². The number of hydrogen-bond donors (Lipinski definition) is 4. The third-order valence-electron chi connectivity index (χ3n) is 6.60. The van der Waals surface area contributed by atoms with Crippen LogP contribution < -0.4 is 16.1 Å². The van der Waals surface area contributed by atoms with Crippen molar-refractivity contribution in [3.63, 3.8) is 0 Å². The molecular weight excluding hydrogens is 577 g/mol. The second-order valence-electron chi connectivity index (χ2n) is 9.66. The number of unbranched alkanes of at least 4 members (excludes halogenated alkanes) is 1. The van der Waals surface area contributed by atoms with Crippen LogP contribution in [0.15, 0.2) is 35.1 Å². The van der Waals surface area contributed by atoms with E-state index in [1.165, 1.54) is 0 Å². The van der Waals surface area contributed by atoms with Crippen LogP contribution in [-0.4, -0.2) is 46.4 Å². The highest BCUT2D eigenvalue weighted by Gasteiger charge is 2.25. The first kappa shape index (κ1) is 28.8. The first-order valence-corrected chi connectivity index (χ1v) is 14.2. The molecule has 11 heteroatoms. The minimum Gasteiger partial charge on any atom is -0.393 e. The van der Waals surface area contributed by atoms with E-state index in [0.29, 0.717) is 35.3 Å². The van der Waals surface area contributed by atoms with Crippen molar-refractivity contribution in [2.24, 2.45) is 5.92 Å².